The second kappa shape index (κ2) is 7.96. The van der Waals surface area contributed by atoms with Crippen LogP contribution in [0.5, 0.6) is 0 Å². The van der Waals surface area contributed by atoms with Crippen molar-refractivity contribution in [3.05, 3.63) is 70.2 Å². The van der Waals surface area contributed by atoms with Crippen LogP contribution in [0.25, 0.3) is 11.0 Å². The molecule has 5 nitrogen and oxygen atoms in total. The van der Waals surface area contributed by atoms with Crippen LogP contribution in [-0.2, 0) is 5.75 Å². The Morgan fingerprint density at radius 2 is 1.93 bits per heavy atom. The summed E-state index contributed by atoms with van der Waals surface area (Å²) in [5.41, 5.74) is 4.67. The number of carbonyl (C=O) groups is 1. The Bertz CT molecular complexity index is 1200. The lowest BCUT2D eigenvalue weighted by molar-refractivity contribution is 0.0998. The lowest BCUT2D eigenvalue weighted by Crippen LogP contribution is -2.11. The zero-order valence-electron chi connectivity index (χ0n) is 16.1. The highest BCUT2D eigenvalue weighted by Crippen LogP contribution is 2.31. The van der Waals surface area contributed by atoms with Crippen LogP contribution in [0, 0.1) is 26.6 Å². The Balaban J connectivity index is 1.46. The average molecular weight is 428 g/mol. The highest BCUT2D eigenvalue weighted by atomic mass is 32.2. The number of nitrogens with zero attached hydrogens (tertiary/aromatic N) is 2. The molecular formula is C21H18FN3O2S2. The third-order valence-electron chi connectivity index (χ3n) is 4.48. The zero-order chi connectivity index (χ0) is 20.5. The number of aryl methyl sites for hydroxylation is 3. The van der Waals surface area contributed by atoms with Crippen LogP contribution in [-0.4, -0.2) is 16.1 Å². The molecular weight excluding hydrogens is 409 g/mol. The summed E-state index contributed by atoms with van der Waals surface area (Å²) in [6.45, 7) is 5.89. The summed E-state index contributed by atoms with van der Waals surface area (Å²) in [6.07, 6.45) is 0. The van der Waals surface area contributed by atoms with Gasteiger partial charge in [-0.05, 0) is 55.7 Å². The van der Waals surface area contributed by atoms with Gasteiger partial charge in [-0.25, -0.2) is 4.39 Å². The molecule has 0 aliphatic heterocycles. The quantitative estimate of drug-likeness (QED) is 0.318. The summed E-state index contributed by atoms with van der Waals surface area (Å²) in [5.74, 6) is 0.321. The first-order chi connectivity index (χ1) is 13.9. The molecule has 0 saturated heterocycles. The molecule has 0 bridgehead atoms. The van der Waals surface area contributed by atoms with Crippen molar-refractivity contribution in [2.75, 3.05) is 5.32 Å². The molecule has 0 radical (unpaired) electrons. The number of rotatable bonds is 5. The molecule has 0 atom stereocenters. The summed E-state index contributed by atoms with van der Waals surface area (Å²) in [4.78, 5) is 12.7. The van der Waals surface area contributed by atoms with Crippen molar-refractivity contribution in [1.82, 2.24) is 10.2 Å². The van der Waals surface area contributed by atoms with Gasteiger partial charge in [0, 0.05) is 16.7 Å². The van der Waals surface area contributed by atoms with Crippen molar-refractivity contribution in [1.29, 1.82) is 0 Å². The largest absolute Gasteiger partial charge is 0.451 e. The molecule has 0 spiro atoms. The number of aromatic nitrogens is 2. The number of carbonyl (C=O) groups excluding carboxylic acids is 1. The molecule has 29 heavy (non-hydrogen) atoms. The second-order valence-corrected chi connectivity index (χ2v) is 8.95. The number of fused-ring (bicyclic) bond motifs is 1. The Kier molecular flexibility index (Phi) is 5.38. The van der Waals surface area contributed by atoms with E-state index in [0.717, 1.165) is 32.0 Å². The molecule has 0 unspecified atom stereocenters. The Morgan fingerprint density at radius 1 is 1.17 bits per heavy atom. The normalized spacial score (nSPS) is 11.2. The van der Waals surface area contributed by atoms with Crippen LogP contribution in [0.2, 0.25) is 0 Å². The van der Waals surface area contributed by atoms with Gasteiger partial charge in [0.15, 0.2) is 10.1 Å². The summed E-state index contributed by atoms with van der Waals surface area (Å²) < 4.78 is 19.5. The van der Waals surface area contributed by atoms with Gasteiger partial charge in [0.25, 0.3) is 5.91 Å². The molecule has 4 aromatic rings. The fourth-order valence-electron chi connectivity index (χ4n) is 3.20. The van der Waals surface area contributed by atoms with Gasteiger partial charge in [-0.3, -0.25) is 10.1 Å². The van der Waals surface area contributed by atoms with Crippen LogP contribution in [0.4, 0.5) is 9.52 Å². The maximum absolute atomic E-state index is 13.0. The predicted octanol–water partition coefficient (Wildman–Crippen LogP) is 5.89. The fraction of sp³-hybridized carbons (Fsp3) is 0.190. The van der Waals surface area contributed by atoms with E-state index in [1.807, 2.05) is 26.8 Å². The number of hydrogen-bond donors (Lipinski definition) is 1. The molecule has 148 valence electrons. The molecule has 1 N–H and O–H groups in total. The van der Waals surface area contributed by atoms with Gasteiger partial charge in [0.1, 0.15) is 11.4 Å². The van der Waals surface area contributed by atoms with Crippen molar-refractivity contribution < 1.29 is 13.6 Å². The van der Waals surface area contributed by atoms with Gasteiger partial charge in [0.2, 0.25) is 5.13 Å². The smallest absolute Gasteiger partial charge is 0.293 e. The van der Waals surface area contributed by atoms with E-state index in [1.165, 1.54) is 35.2 Å². The molecule has 1 amide bonds. The molecule has 0 aliphatic carbocycles. The number of benzene rings is 2. The van der Waals surface area contributed by atoms with Crippen LogP contribution in [0.1, 0.15) is 32.8 Å². The standard InChI is InChI=1S/C21H18FN3O2S2/c1-11-8-12(2)17-13(3)18(27-16(17)9-11)19(26)23-20-24-25-21(29-20)28-10-14-4-6-15(22)7-5-14/h4-9H,10H2,1-3H3,(H,23,24,26). The predicted molar refractivity (Wildman–Crippen MR) is 114 cm³/mol. The van der Waals surface area contributed by atoms with Crippen molar-refractivity contribution in [2.24, 2.45) is 0 Å². The summed E-state index contributed by atoms with van der Waals surface area (Å²) in [5, 5.41) is 12.3. The fourth-order valence-corrected chi connectivity index (χ4v) is 4.91. The van der Waals surface area contributed by atoms with E-state index in [2.05, 4.69) is 21.6 Å². The number of hydrogen-bond acceptors (Lipinski definition) is 6. The first-order valence-electron chi connectivity index (χ1n) is 8.93. The van der Waals surface area contributed by atoms with Crippen LogP contribution >= 0.6 is 23.1 Å². The molecule has 4 rings (SSSR count). The minimum absolute atomic E-state index is 0.258. The number of halogens is 1. The Hall–Kier alpha value is -2.71. The topological polar surface area (TPSA) is 68.0 Å². The SMILES string of the molecule is Cc1cc(C)c2c(C)c(C(=O)Nc3nnc(SCc4ccc(F)cc4)s3)oc2c1. The third-order valence-corrected chi connectivity index (χ3v) is 6.52. The van der Waals surface area contributed by atoms with Gasteiger partial charge in [-0.1, -0.05) is 41.3 Å². The van der Waals surface area contributed by atoms with E-state index in [9.17, 15) is 9.18 Å². The lowest BCUT2D eigenvalue weighted by Gasteiger charge is -1.99. The Morgan fingerprint density at radius 3 is 2.69 bits per heavy atom. The molecule has 2 heterocycles. The minimum Gasteiger partial charge on any atom is -0.451 e. The molecule has 0 saturated carbocycles. The average Bonchev–Trinajstić information content (AvgIpc) is 3.25. The molecule has 0 fully saturated rings. The highest BCUT2D eigenvalue weighted by molar-refractivity contribution is 8.00. The van der Waals surface area contributed by atoms with Crippen molar-refractivity contribution in [3.8, 4) is 0 Å². The number of amides is 1. The van der Waals surface area contributed by atoms with E-state index in [0.29, 0.717) is 16.5 Å². The maximum Gasteiger partial charge on any atom is 0.293 e. The van der Waals surface area contributed by atoms with E-state index in [-0.39, 0.29) is 17.5 Å². The monoisotopic (exact) mass is 427 g/mol. The lowest BCUT2D eigenvalue weighted by atomic mass is 10.0. The van der Waals surface area contributed by atoms with Gasteiger partial charge in [-0.2, -0.15) is 0 Å². The highest BCUT2D eigenvalue weighted by Gasteiger charge is 2.20. The maximum atomic E-state index is 13.0. The van der Waals surface area contributed by atoms with Crippen LogP contribution in [0.3, 0.4) is 0 Å². The number of nitrogens with one attached hydrogen (secondary N) is 1. The van der Waals surface area contributed by atoms with Crippen LogP contribution < -0.4 is 5.32 Å². The van der Waals surface area contributed by atoms with Crippen molar-refractivity contribution in [3.63, 3.8) is 0 Å². The molecule has 8 heteroatoms. The first kappa shape index (κ1) is 19.6. The van der Waals surface area contributed by atoms with Crippen molar-refractivity contribution >= 4 is 45.1 Å². The van der Waals surface area contributed by atoms with Gasteiger partial charge in [-0.15, -0.1) is 10.2 Å². The van der Waals surface area contributed by atoms with Crippen molar-refractivity contribution in [2.45, 2.75) is 30.9 Å². The molecule has 2 aromatic carbocycles. The molecule has 0 aliphatic rings. The summed E-state index contributed by atoms with van der Waals surface area (Å²) >= 11 is 2.77. The molecule has 2 aromatic heterocycles. The van der Waals surface area contributed by atoms with E-state index in [4.69, 9.17) is 4.42 Å². The van der Waals surface area contributed by atoms with Gasteiger partial charge < -0.3 is 4.42 Å². The van der Waals surface area contributed by atoms with Gasteiger partial charge >= 0.3 is 0 Å². The summed E-state index contributed by atoms with van der Waals surface area (Å²) in [7, 11) is 0. The van der Waals surface area contributed by atoms with Crippen LogP contribution in [0.15, 0.2) is 45.2 Å². The summed E-state index contributed by atoms with van der Waals surface area (Å²) in [6, 6.07) is 10.3. The first-order valence-corrected chi connectivity index (χ1v) is 10.7. The van der Waals surface area contributed by atoms with E-state index < -0.39 is 0 Å². The van der Waals surface area contributed by atoms with Gasteiger partial charge in [0.05, 0.1) is 0 Å². The number of furan rings is 1. The second-order valence-electron chi connectivity index (χ2n) is 6.75. The van der Waals surface area contributed by atoms with E-state index >= 15 is 0 Å². The minimum atomic E-state index is -0.345. The Labute approximate surface area is 175 Å². The third kappa shape index (κ3) is 4.18. The number of anilines is 1. The zero-order valence-corrected chi connectivity index (χ0v) is 17.7. The van der Waals surface area contributed by atoms with E-state index in [1.54, 1.807) is 12.1 Å². The number of thioether (sulfide) groups is 1.